The van der Waals surface area contributed by atoms with Crippen LogP contribution in [0.1, 0.15) is 21.5 Å². The number of nitrogens with one attached hydrogen (secondary N) is 1. The molecule has 2 rings (SSSR count). The minimum atomic E-state index is -0.259. The zero-order valence-electron chi connectivity index (χ0n) is 11.1. The van der Waals surface area contributed by atoms with E-state index in [0.717, 1.165) is 11.1 Å². The number of amides is 1. The molecule has 1 aromatic carbocycles. The zero-order valence-corrected chi connectivity index (χ0v) is 11.1. The van der Waals surface area contributed by atoms with E-state index in [9.17, 15) is 4.79 Å². The number of rotatable bonds is 2. The molecule has 1 amide bonds. The first kappa shape index (κ1) is 13.7. The van der Waals surface area contributed by atoms with Crippen molar-refractivity contribution in [3.05, 3.63) is 53.3 Å². The summed E-state index contributed by atoms with van der Waals surface area (Å²) in [6, 6.07) is 7.06. The molecule has 0 saturated carbocycles. The number of aromatic nitrogens is 2. The second kappa shape index (κ2) is 6.45. The minimum absolute atomic E-state index is 0.259. The van der Waals surface area contributed by atoms with Gasteiger partial charge in [0.05, 0.1) is 6.54 Å². The highest BCUT2D eigenvalue weighted by molar-refractivity contribution is 6.04. The van der Waals surface area contributed by atoms with Crippen LogP contribution in [-0.2, 0) is 0 Å². The lowest BCUT2D eigenvalue weighted by molar-refractivity contribution is 0.102. The quantitative estimate of drug-likeness (QED) is 0.804. The highest BCUT2D eigenvalue weighted by atomic mass is 16.1. The maximum absolute atomic E-state index is 12.2. The molecule has 0 atom stereocenters. The molecular formula is C15H14N4O. The van der Waals surface area contributed by atoms with Gasteiger partial charge in [-0.15, -0.1) is 0 Å². The van der Waals surface area contributed by atoms with E-state index >= 15 is 0 Å². The van der Waals surface area contributed by atoms with Gasteiger partial charge in [-0.2, -0.15) is 0 Å². The Kier molecular flexibility index (Phi) is 4.43. The Morgan fingerprint density at radius 2 is 2.05 bits per heavy atom. The Morgan fingerprint density at radius 3 is 2.75 bits per heavy atom. The van der Waals surface area contributed by atoms with Crippen LogP contribution in [0, 0.1) is 18.8 Å². The fourth-order valence-corrected chi connectivity index (χ4v) is 1.70. The van der Waals surface area contributed by atoms with E-state index in [2.05, 4.69) is 27.1 Å². The molecular weight excluding hydrogens is 252 g/mol. The standard InChI is InChI=1S/C15H14N4O/c1-11-12(6-3-8-16)5-2-7-13(11)14(20)19-15-17-9-4-10-18-15/h2,4-5,7,9-10H,8,16H2,1H3,(H,17,18,19,20). The summed E-state index contributed by atoms with van der Waals surface area (Å²) in [5, 5.41) is 2.65. The van der Waals surface area contributed by atoms with E-state index in [1.165, 1.54) is 0 Å². The number of nitrogens with zero attached hydrogens (tertiary/aromatic N) is 2. The predicted molar refractivity (Wildman–Crippen MR) is 77.1 cm³/mol. The van der Waals surface area contributed by atoms with Crippen molar-refractivity contribution in [2.45, 2.75) is 6.92 Å². The van der Waals surface area contributed by atoms with Crippen molar-refractivity contribution in [3.63, 3.8) is 0 Å². The molecule has 0 aliphatic carbocycles. The van der Waals surface area contributed by atoms with E-state index in [-0.39, 0.29) is 18.4 Å². The van der Waals surface area contributed by atoms with Crippen LogP contribution in [0.4, 0.5) is 5.95 Å². The van der Waals surface area contributed by atoms with Crippen molar-refractivity contribution in [1.29, 1.82) is 0 Å². The Bertz CT molecular complexity index is 671. The smallest absolute Gasteiger partial charge is 0.258 e. The fourth-order valence-electron chi connectivity index (χ4n) is 1.70. The van der Waals surface area contributed by atoms with Crippen LogP contribution in [0.2, 0.25) is 0 Å². The van der Waals surface area contributed by atoms with Gasteiger partial charge < -0.3 is 5.73 Å². The molecule has 0 unspecified atom stereocenters. The van der Waals surface area contributed by atoms with Crippen LogP contribution in [0.15, 0.2) is 36.7 Å². The van der Waals surface area contributed by atoms with Crippen molar-refractivity contribution < 1.29 is 4.79 Å². The summed E-state index contributed by atoms with van der Waals surface area (Å²) in [4.78, 5) is 20.1. The Hall–Kier alpha value is -2.71. The highest BCUT2D eigenvalue weighted by Gasteiger charge is 2.11. The van der Waals surface area contributed by atoms with Crippen LogP contribution in [0.25, 0.3) is 0 Å². The van der Waals surface area contributed by atoms with Crippen LogP contribution < -0.4 is 11.1 Å². The molecule has 100 valence electrons. The molecule has 0 saturated heterocycles. The number of nitrogens with two attached hydrogens (primary N) is 1. The summed E-state index contributed by atoms with van der Waals surface area (Å²) < 4.78 is 0. The third-order valence-corrected chi connectivity index (χ3v) is 2.69. The predicted octanol–water partition coefficient (Wildman–Crippen LogP) is 1.35. The summed E-state index contributed by atoms with van der Waals surface area (Å²) in [7, 11) is 0. The average molecular weight is 266 g/mol. The molecule has 5 heteroatoms. The van der Waals surface area contributed by atoms with E-state index in [4.69, 9.17) is 5.73 Å². The van der Waals surface area contributed by atoms with Gasteiger partial charge >= 0.3 is 0 Å². The Balaban J connectivity index is 2.26. The topological polar surface area (TPSA) is 80.9 Å². The zero-order chi connectivity index (χ0) is 14.4. The molecule has 0 radical (unpaired) electrons. The summed E-state index contributed by atoms with van der Waals surface area (Å²) in [6.07, 6.45) is 3.14. The number of anilines is 1. The largest absolute Gasteiger partial charge is 0.320 e. The average Bonchev–Trinajstić information content (AvgIpc) is 2.47. The van der Waals surface area contributed by atoms with Gasteiger partial charge in [0.2, 0.25) is 5.95 Å². The molecule has 20 heavy (non-hydrogen) atoms. The van der Waals surface area contributed by atoms with Crippen LogP contribution in [-0.4, -0.2) is 22.4 Å². The summed E-state index contributed by atoms with van der Waals surface area (Å²) in [5.41, 5.74) is 7.50. The first-order chi connectivity index (χ1) is 9.72. The molecule has 1 heterocycles. The summed E-state index contributed by atoms with van der Waals surface area (Å²) in [6.45, 7) is 2.13. The van der Waals surface area contributed by atoms with Gasteiger partial charge in [-0.05, 0) is 30.7 Å². The summed E-state index contributed by atoms with van der Waals surface area (Å²) in [5.74, 6) is 5.74. The van der Waals surface area contributed by atoms with Crippen LogP contribution >= 0.6 is 0 Å². The second-order valence-corrected chi connectivity index (χ2v) is 4.01. The van der Waals surface area contributed by atoms with Crippen molar-refractivity contribution in [3.8, 4) is 11.8 Å². The van der Waals surface area contributed by atoms with E-state index in [0.29, 0.717) is 5.56 Å². The van der Waals surface area contributed by atoms with Gasteiger partial charge in [0.25, 0.3) is 5.91 Å². The first-order valence-corrected chi connectivity index (χ1v) is 6.09. The third kappa shape index (κ3) is 3.19. The highest BCUT2D eigenvalue weighted by Crippen LogP contribution is 2.14. The lowest BCUT2D eigenvalue weighted by Gasteiger charge is -2.07. The molecule has 0 bridgehead atoms. The molecule has 0 aliphatic heterocycles. The first-order valence-electron chi connectivity index (χ1n) is 6.09. The molecule has 0 aliphatic rings. The Labute approximate surface area is 117 Å². The number of carbonyl (C=O) groups excluding carboxylic acids is 1. The van der Waals surface area contributed by atoms with Gasteiger partial charge in [-0.25, -0.2) is 9.97 Å². The van der Waals surface area contributed by atoms with Crippen molar-refractivity contribution >= 4 is 11.9 Å². The Morgan fingerprint density at radius 1 is 1.30 bits per heavy atom. The normalized spacial score (nSPS) is 9.50. The SMILES string of the molecule is Cc1c(C#CCN)cccc1C(=O)Nc1ncccn1. The second-order valence-electron chi connectivity index (χ2n) is 4.01. The van der Waals surface area contributed by atoms with Crippen molar-refractivity contribution in [2.24, 2.45) is 5.73 Å². The monoisotopic (exact) mass is 266 g/mol. The van der Waals surface area contributed by atoms with Gasteiger partial charge in [-0.1, -0.05) is 17.9 Å². The van der Waals surface area contributed by atoms with Crippen molar-refractivity contribution in [2.75, 3.05) is 11.9 Å². The maximum atomic E-state index is 12.2. The lowest BCUT2D eigenvalue weighted by atomic mass is 10.0. The molecule has 0 fully saturated rings. The third-order valence-electron chi connectivity index (χ3n) is 2.69. The van der Waals surface area contributed by atoms with E-state index in [1.807, 2.05) is 13.0 Å². The lowest BCUT2D eigenvalue weighted by Crippen LogP contribution is -2.15. The van der Waals surface area contributed by atoms with E-state index < -0.39 is 0 Å². The van der Waals surface area contributed by atoms with Gasteiger partial charge in [0, 0.05) is 23.5 Å². The number of carbonyl (C=O) groups is 1. The van der Waals surface area contributed by atoms with Gasteiger partial charge in [0.15, 0.2) is 0 Å². The molecule has 5 nitrogen and oxygen atoms in total. The van der Waals surface area contributed by atoms with E-state index in [1.54, 1.807) is 30.6 Å². The summed E-state index contributed by atoms with van der Waals surface area (Å²) >= 11 is 0. The van der Waals surface area contributed by atoms with Gasteiger partial charge in [0.1, 0.15) is 0 Å². The molecule has 1 aromatic heterocycles. The number of hydrogen-bond donors (Lipinski definition) is 2. The molecule has 3 N–H and O–H groups in total. The van der Waals surface area contributed by atoms with Gasteiger partial charge in [-0.3, -0.25) is 10.1 Å². The number of hydrogen-bond acceptors (Lipinski definition) is 4. The minimum Gasteiger partial charge on any atom is -0.320 e. The maximum Gasteiger partial charge on any atom is 0.258 e. The van der Waals surface area contributed by atoms with Crippen LogP contribution in [0.3, 0.4) is 0 Å². The molecule has 0 spiro atoms. The number of benzene rings is 1. The van der Waals surface area contributed by atoms with Crippen LogP contribution in [0.5, 0.6) is 0 Å². The molecule has 2 aromatic rings. The fraction of sp³-hybridized carbons (Fsp3) is 0.133. The van der Waals surface area contributed by atoms with Crippen molar-refractivity contribution in [1.82, 2.24) is 9.97 Å².